The summed E-state index contributed by atoms with van der Waals surface area (Å²) in [5.41, 5.74) is 0.903. The number of aliphatic carboxylic acids is 1. The minimum Gasteiger partial charge on any atom is -0.480 e. The molecular weight excluding hydrogens is 404 g/mol. The number of amides is 2. The first-order valence-corrected chi connectivity index (χ1v) is 10.5. The fraction of sp³-hybridized carbons (Fsp3) is 0.545. The van der Waals surface area contributed by atoms with Gasteiger partial charge in [-0.15, -0.1) is 0 Å². The summed E-state index contributed by atoms with van der Waals surface area (Å²) in [5, 5.41) is 14.4. The molecule has 0 aromatic heterocycles. The van der Waals surface area contributed by atoms with Gasteiger partial charge in [-0.2, -0.15) is 0 Å². The van der Waals surface area contributed by atoms with E-state index in [1.54, 1.807) is 13.8 Å². The number of nitrogens with one attached hydrogen (secondary N) is 2. The zero-order valence-corrected chi connectivity index (χ0v) is 18.1. The van der Waals surface area contributed by atoms with Crippen molar-refractivity contribution in [2.75, 3.05) is 13.2 Å². The lowest BCUT2D eigenvalue weighted by atomic mass is 9.98. The third-order valence-corrected chi connectivity index (χ3v) is 4.51. The Bertz CT molecular complexity index is 709. The van der Waals surface area contributed by atoms with Crippen molar-refractivity contribution < 1.29 is 33.8 Å². The van der Waals surface area contributed by atoms with Gasteiger partial charge in [-0.3, -0.25) is 9.59 Å². The Morgan fingerprint density at radius 1 is 1.03 bits per heavy atom. The number of rotatable bonds is 14. The lowest BCUT2D eigenvalue weighted by Gasteiger charge is -2.20. The molecule has 3 N–H and O–H groups in total. The zero-order valence-electron chi connectivity index (χ0n) is 18.1. The van der Waals surface area contributed by atoms with Crippen molar-refractivity contribution in [3.63, 3.8) is 0 Å². The molecule has 0 aliphatic heterocycles. The van der Waals surface area contributed by atoms with Crippen molar-refractivity contribution >= 4 is 23.9 Å². The second-order valence-electron chi connectivity index (χ2n) is 7.17. The van der Waals surface area contributed by atoms with Crippen molar-refractivity contribution in [2.24, 2.45) is 5.92 Å². The fourth-order valence-electron chi connectivity index (χ4n) is 2.85. The van der Waals surface area contributed by atoms with Crippen LogP contribution in [0.5, 0.6) is 0 Å². The highest BCUT2D eigenvalue weighted by Crippen LogP contribution is 2.11. The van der Waals surface area contributed by atoms with Gasteiger partial charge in [0, 0.05) is 13.0 Å². The minimum atomic E-state index is -1.19. The van der Waals surface area contributed by atoms with Crippen LogP contribution in [0.15, 0.2) is 30.3 Å². The van der Waals surface area contributed by atoms with Crippen LogP contribution in [0, 0.1) is 5.92 Å². The predicted octanol–water partition coefficient (Wildman–Crippen LogP) is 2.63. The molecule has 172 valence electrons. The van der Waals surface area contributed by atoms with E-state index in [9.17, 15) is 24.3 Å². The highest BCUT2D eigenvalue weighted by Gasteiger charge is 2.28. The highest BCUT2D eigenvalue weighted by molar-refractivity contribution is 5.84. The van der Waals surface area contributed by atoms with E-state index >= 15 is 0 Å². The van der Waals surface area contributed by atoms with Crippen LogP contribution < -0.4 is 10.6 Å². The lowest BCUT2D eigenvalue weighted by Crippen LogP contribution is -2.45. The van der Waals surface area contributed by atoms with Gasteiger partial charge in [-0.25, -0.2) is 9.59 Å². The van der Waals surface area contributed by atoms with Crippen molar-refractivity contribution in [1.82, 2.24) is 10.6 Å². The zero-order chi connectivity index (χ0) is 23.1. The Balaban J connectivity index is 2.18. The van der Waals surface area contributed by atoms with Gasteiger partial charge in [0.1, 0.15) is 12.6 Å². The number of esters is 1. The molecule has 0 radical (unpaired) electrons. The molecule has 1 aromatic carbocycles. The van der Waals surface area contributed by atoms with Gasteiger partial charge in [0.05, 0.1) is 13.0 Å². The lowest BCUT2D eigenvalue weighted by molar-refractivity contribution is -0.147. The van der Waals surface area contributed by atoms with E-state index in [2.05, 4.69) is 10.6 Å². The normalized spacial score (nSPS) is 12.3. The number of carboxylic acids is 1. The van der Waals surface area contributed by atoms with Crippen LogP contribution in [0.1, 0.15) is 51.5 Å². The van der Waals surface area contributed by atoms with Gasteiger partial charge in [0.25, 0.3) is 0 Å². The molecule has 0 aliphatic rings. The number of ether oxygens (including phenoxy) is 2. The summed E-state index contributed by atoms with van der Waals surface area (Å²) in [6.07, 6.45) is 1.47. The van der Waals surface area contributed by atoms with Crippen molar-refractivity contribution in [2.45, 2.75) is 58.6 Å². The minimum absolute atomic E-state index is 0.0862. The van der Waals surface area contributed by atoms with E-state index in [0.29, 0.717) is 25.8 Å². The molecule has 0 saturated heterocycles. The molecular formula is C22H32N2O7. The maximum Gasteiger partial charge on any atom is 0.407 e. The maximum absolute atomic E-state index is 12.1. The van der Waals surface area contributed by atoms with Crippen LogP contribution in [-0.4, -0.2) is 48.2 Å². The summed E-state index contributed by atoms with van der Waals surface area (Å²) in [6, 6.07) is 8.20. The topological polar surface area (TPSA) is 131 Å². The van der Waals surface area contributed by atoms with E-state index in [-0.39, 0.29) is 26.1 Å². The molecule has 0 saturated carbocycles. The average Bonchev–Trinajstić information content (AvgIpc) is 2.73. The molecule has 31 heavy (non-hydrogen) atoms. The highest BCUT2D eigenvalue weighted by atomic mass is 16.5. The summed E-state index contributed by atoms with van der Waals surface area (Å²) in [5.74, 6) is -2.67. The number of carboxylic acid groups (broad SMARTS) is 1. The first-order chi connectivity index (χ1) is 14.8. The fourth-order valence-corrected chi connectivity index (χ4v) is 2.85. The van der Waals surface area contributed by atoms with E-state index < -0.39 is 35.9 Å². The van der Waals surface area contributed by atoms with Gasteiger partial charge >= 0.3 is 18.0 Å². The smallest absolute Gasteiger partial charge is 0.407 e. The number of benzene rings is 1. The molecule has 2 amide bonds. The van der Waals surface area contributed by atoms with Crippen molar-refractivity contribution in [3.05, 3.63) is 35.9 Å². The molecule has 9 heteroatoms. The molecule has 0 fully saturated rings. The Labute approximate surface area is 182 Å². The average molecular weight is 437 g/mol. The van der Waals surface area contributed by atoms with E-state index in [0.717, 1.165) is 5.56 Å². The van der Waals surface area contributed by atoms with E-state index in [1.165, 1.54) is 0 Å². The first kappa shape index (κ1) is 25.9. The molecule has 0 unspecified atom stereocenters. The molecule has 9 nitrogen and oxygen atoms in total. The van der Waals surface area contributed by atoms with Crippen LogP contribution in [0.25, 0.3) is 0 Å². The third kappa shape index (κ3) is 11.6. The second kappa shape index (κ2) is 14.8. The van der Waals surface area contributed by atoms with Crippen molar-refractivity contribution in [3.8, 4) is 0 Å². The largest absolute Gasteiger partial charge is 0.480 e. The Morgan fingerprint density at radius 2 is 1.74 bits per heavy atom. The number of unbranched alkanes of at least 4 members (excludes halogenated alkanes) is 2. The van der Waals surface area contributed by atoms with Crippen LogP contribution in [-0.2, 0) is 30.5 Å². The summed E-state index contributed by atoms with van der Waals surface area (Å²) < 4.78 is 9.92. The van der Waals surface area contributed by atoms with E-state index in [1.807, 2.05) is 30.3 Å². The summed E-state index contributed by atoms with van der Waals surface area (Å²) in [6.45, 7) is 4.09. The van der Waals surface area contributed by atoms with Gasteiger partial charge in [0.15, 0.2) is 0 Å². The molecule has 1 rings (SSSR count). The molecule has 2 atom stereocenters. The summed E-state index contributed by atoms with van der Waals surface area (Å²) in [4.78, 5) is 46.6. The SMILES string of the molecule is CCOC(=O)C[C@H](C)[C@@H](NC(=O)CCCCCNC(=O)OCc1ccccc1)C(=O)O. The quantitative estimate of drug-likeness (QED) is 0.302. The van der Waals surface area contributed by atoms with Gasteiger partial charge in [0.2, 0.25) is 5.91 Å². The van der Waals surface area contributed by atoms with E-state index in [4.69, 9.17) is 9.47 Å². The van der Waals surface area contributed by atoms with Crippen molar-refractivity contribution in [1.29, 1.82) is 0 Å². The van der Waals surface area contributed by atoms with Gasteiger partial charge in [-0.1, -0.05) is 43.7 Å². The summed E-state index contributed by atoms with van der Waals surface area (Å²) >= 11 is 0. The molecule has 0 bridgehead atoms. The maximum atomic E-state index is 12.1. The Hall–Kier alpha value is -3.10. The van der Waals surface area contributed by atoms with Crippen LogP contribution >= 0.6 is 0 Å². The predicted molar refractivity (Wildman–Crippen MR) is 113 cm³/mol. The molecule has 0 aliphatic carbocycles. The molecule has 0 heterocycles. The Morgan fingerprint density at radius 3 is 2.39 bits per heavy atom. The number of hydrogen-bond acceptors (Lipinski definition) is 6. The second-order valence-corrected chi connectivity index (χ2v) is 7.17. The first-order valence-electron chi connectivity index (χ1n) is 10.5. The molecule has 1 aromatic rings. The Kier molecular flexibility index (Phi) is 12.4. The number of hydrogen-bond donors (Lipinski definition) is 3. The van der Waals surface area contributed by atoms with Gasteiger partial charge < -0.3 is 25.2 Å². The number of carbonyl (C=O) groups excluding carboxylic acids is 3. The van der Waals surface area contributed by atoms with Crippen LogP contribution in [0.2, 0.25) is 0 Å². The molecule has 0 spiro atoms. The van der Waals surface area contributed by atoms with Crippen LogP contribution in [0.3, 0.4) is 0 Å². The third-order valence-electron chi connectivity index (χ3n) is 4.51. The summed E-state index contributed by atoms with van der Waals surface area (Å²) in [7, 11) is 0. The standard InChI is InChI=1S/C22H32N2O7/c1-3-30-19(26)14-16(2)20(21(27)28)24-18(25)12-8-5-9-13-23-22(29)31-15-17-10-6-4-7-11-17/h4,6-7,10-11,16,20H,3,5,8-9,12-15H2,1-2H3,(H,23,29)(H,24,25)(H,27,28)/t16-,20+/m0/s1. The number of carbonyl (C=O) groups is 4. The monoisotopic (exact) mass is 436 g/mol. The van der Waals surface area contributed by atoms with Gasteiger partial charge in [-0.05, 0) is 31.2 Å². The van der Waals surface area contributed by atoms with Crippen LogP contribution in [0.4, 0.5) is 4.79 Å². The number of alkyl carbamates (subject to hydrolysis) is 1.